The predicted molar refractivity (Wildman–Crippen MR) is 96.2 cm³/mol. The van der Waals surface area contributed by atoms with Crippen molar-refractivity contribution >= 4 is 40.8 Å². The van der Waals surface area contributed by atoms with E-state index in [1.165, 1.54) is 0 Å². The zero-order valence-electron chi connectivity index (χ0n) is 12.4. The number of nitrogens with one attached hydrogen (secondary N) is 1. The van der Waals surface area contributed by atoms with Gasteiger partial charge in [-0.05, 0) is 36.8 Å². The van der Waals surface area contributed by atoms with Gasteiger partial charge in [0.05, 0.1) is 10.7 Å². The van der Waals surface area contributed by atoms with Gasteiger partial charge in [-0.1, -0.05) is 46.9 Å². The first kappa shape index (κ1) is 16.8. The molecule has 0 amide bonds. The molecule has 0 atom stereocenters. The van der Waals surface area contributed by atoms with Crippen molar-refractivity contribution in [2.45, 2.75) is 6.92 Å². The summed E-state index contributed by atoms with van der Waals surface area (Å²) in [7, 11) is 0. The highest BCUT2D eigenvalue weighted by atomic mass is 35.5. The second-order valence-corrected chi connectivity index (χ2v) is 6.45. The Hall–Kier alpha value is -2.01. The van der Waals surface area contributed by atoms with Crippen molar-refractivity contribution in [1.82, 2.24) is 10.2 Å². The van der Waals surface area contributed by atoms with Crippen molar-refractivity contribution in [1.29, 1.82) is 0 Å². The minimum atomic E-state index is -1.10. The van der Waals surface area contributed by atoms with Crippen LogP contribution in [-0.4, -0.2) is 21.3 Å². The van der Waals surface area contributed by atoms with Crippen molar-refractivity contribution in [3.05, 3.63) is 62.7 Å². The molecule has 0 aliphatic rings. The van der Waals surface area contributed by atoms with E-state index in [2.05, 4.69) is 10.2 Å². The van der Waals surface area contributed by atoms with E-state index >= 15 is 0 Å². The summed E-state index contributed by atoms with van der Waals surface area (Å²) in [6.07, 6.45) is 0. The molecule has 2 aromatic carbocycles. The molecule has 1 heterocycles. The Labute approximate surface area is 153 Å². The molecule has 2 N–H and O–H groups in total. The number of H-pyrrole nitrogens is 1. The van der Waals surface area contributed by atoms with Crippen molar-refractivity contribution in [3.8, 4) is 22.4 Å². The summed E-state index contributed by atoms with van der Waals surface area (Å²) in [4.78, 5) is 11.2. The van der Waals surface area contributed by atoms with E-state index in [0.29, 0.717) is 31.9 Å². The van der Waals surface area contributed by atoms with Gasteiger partial charge < -0.3 is 5.11 Å². The molecule has 0 unspecified atom stereocenters. The van der Waals surface area contributed by atoms with Gasteiger partial charge in [-0.15, -0.1) is 0 Å². The summed E-state index contributed by atoms with van der Waals surface area (Å²) in [5.74, 6) is -1.10. The van der Waals surface area contributed by atoms with Crippen molar-refractivity contribution in [3.63, 3.8) is 0 Å². The highest BCUT2D eigenvalue weighted by molar-refractivity contribution is 6.38. The van der Waals surface area contributed by atoms with E-state index in [-0.39, 0.29) is 5.69 Å². The van der Waals surface area contributed by atoms with Gasteiger partial charge in [0, 0.05) is 26.7 Å². The molecule has 24 heavy (non-hydrogen) atoms. The zero-order valence-corrected chi connectivity index (χ0v) is 14.7. The number of carboxylic acids is 1. The smallest absolute Gasteiger partial charge is 0.356 e. The molecule has 0 aliphatic heterocycles. The number of carbonyl (C=O) groups is 1. The number of aromatic amines is 1. The maximum Gasteiger partial charge on any atom is 0.356 e. The fraction of sp³-hybridized carbons (Fsp3) is 0.0588. The van der Waals surface area contributed by atoms with Crippen LogP contribution in [0.25, 0.3) is 22.4 Å². The van der Waals surface area contributed by atoms with Gasteiger partial charge in [0.25, 0.3) is 0 Å². The van der Waals surface area contributed by atoms with Gasteiger partial charge in [-0.2, -0.15) is 5.10 Å². The molecule has 1 aromatic heterocycles. The minimum absolute atomic E-state index is 0.0379. The minimum Gasteiger partial charge on any atom is -0.476 e. The molecule has 0 aliphatic carbocycles. The number of carboxylic acid groups (broad SMARTS) is 1. The van der Waals surface area contributed by atoms with Crippen LogP contribution in [-0.2, 0) is 0 Å². The molecule has 0 spiro atoms. The van der Waals surface area contributed by atoms with Gasteiger partial charge in [-0.25, -0.2) is 4.79 Å². The Bertz CT molecular complexity index is 934. The van der Waals surface area contributed by atoms with Crippen LogP contribution in [0.3, 0.4) is 0 Å². The quantitative estimate of drug-likeness (QED) is 0.610. The number of nitrogens with zero attached hydrogens (tertiary/aromatic N) is 1. The summed E-state index contributed by atoms with van der Waals surface area (Å²) in [6.45, 7) is 1.68. The number of halogens is 3. The van der Waals surface area contributed by atoms with E-state index in [4.69, 9.17) is 39.9 Å². The summed E-state index contributed by atoms with van der Waals surface area (Å²) in [6, 6.07) is 10.7. The molecular weight excluding hydrogens is 371 g/mol. The number of benzene rings is 2. The average Bonchev–Trinajstić information content (AvgIpc) is 2.90. The topological polar surface area (TPSA) is 66.0 Å². The normalized spacial score (nSPS) is 10.8. The summed E-state index contributed by atoms with van der Waals surface area (Å²) >= 11 is 18.6. The Morgan fingerprint density at radius 3 is 2.25 bits per heavy atom. The maximum absolute atomic E-state index is 11.2. The third-order valence-corrected chi connectivity index (χ3v) is 4.57. The summed E-state index contributed by atoms with van der Waals surface area (Å²) in [5.41, 5.74) is 3.28. The first-order valence-electron chi connectivity index (χ1n) is 6.92. The van der Waals surface area contributed by atoms with Gasteiger partial charge in [0.15, 0.2) is 5.69 Å². The monoisotopic (exact) mass is 380 g/mol. The zero-order chi connectivity index (χ0) is 17.4. The number of aromatic carboxylic acids is 1. The van der Waals surface area contributed by atoms with E-state index in [1.54, 1.807) is 31.2 Å². The Morgan fingerprint density at radius 1 is 1.04 bits per heavy atom. The van der Waals surface area contributed by atoms with Crippen LogP contribution in [0.2, 0.25) is 15.1 Å². The van der Waals surface area contributed by atoms with Gasteiger partial charge in [0.2, 0.25) is 0 Å². The van der Waals surface area contributed by atoms with E-state index in [9.17, 15) is 4.79 Å². The van der Waals surface area contributed by atoms with Crippen molar-refractivity contribution in [2.75, 3.05) is 0 Å². The predicted octanol–water partition coefficient (Wildman–Crippen LogP) is 5.71. The summed E-state index contributed by atoms with van der Waals surface area (Å²) < 4.78 is 0. The molecule has 0 radical (unpaired) electrons. The lowest BCUT2D eigenvalue weighted by Crippen LogP contribution is -1.98. The van der Waals surface area contributed by atoms with E-state index < -0.39 is 5.97 Å². The first-order valence-corrected chi connectivity index (χ1v) is 8.05. The van der Waals surface area contributed by atoms with Crippen LogP contribution in [0.1, 0.15) is 16.1 Å². The molecule has 0 bridgehead atoms. The van der Waals surface area contributed by atoms with Crippen LogP contribution < -0.4 is 0 Å². The SMILES string of the molecule is Cc1c(C(=O)O)n[nH]c1-c1cc(-c2ccc(Cl)cc2)c(Cl)cc1Cl. The van der Waals surface area contributed by atoms with E-state index in [0.717, 1.165) is 11.1 Å². The van der Waals surface area contributed by atoms with Gasteiger partial charge in [-0.3, -0.25) is 5.10 Å². The average molecular weight is 382 g/mol. The molecule has 0 saturated heterocycles. The fourth-order valence-electron chi connectivity index (χ4n) is 2.46. The standard InChI is InChI=1S/C17H11Cl3N2O2/c1-8-15(21-22-16(8)17(23)24)12-6-11(13(19)7-14(12)20)9-2-4-10(18)5-3-9/h2-7H,1H3,(H,21,22)(H,23,24). The van der Waals surface area contributed by atoms with Crippen LogP contribution >= 0.6 is 34.8 Å². The summed E-state index contributed by atoms with van der Waals surface area (Å²) in [5, 5.41) is 17.2. The first-order chi connectivity index (χ1) is 11.4. The third-order valence-electron chi connectivity index (χ3n) is 3.69. The lowest BCUT2D eigenvalue weighted by atomic mass is 9.99. The second-order valence-electron chi connectivity index (χ2n) is 5.20. The van der Waals surface area contributed by atoms with E-state index in [1.807, 2.05) is 12.1 Å². The van der Waals surface area contributed by atoms with Crippen LogP contribution in [0, 0.1) is 6.92 Å². The van der Waals surface area contributed by atoms with Crippen LogP contribution in [0.4, 0.5) is 0 Å². The van der Waals surface area contributed by atoms with Crippen LogP contribution in [0.15, 0.2) is 36.4 Å². The molecule has 3 aromatic rings. The molecule has 0 saturated carbocycles. The van der Waals surface area contributed by atoms with Gasteiger partial charge >= 0.3 is 5.97 Å². The molecule has 7 heteroatoms. The molecule has 122 valence electrons. The largest absolute Gasteiger partial charge is 0.476 e. The second kappa shape index (κ2) is 6.48. The number of rotatable bonds is 3. The number of aromatic nitrogens is 2. The molecule has 0 fully saturated rings. The highest BCUT2D eigenvalue weighted by Crippen LogP contribution is 2.38. The maximum atomic E-state index is 11.2. The van der Waals surface area contributed by atoms with Gasteiger partial charge in [0.1, 0.15) is 0 Å². The lowest BCUT2D eigenvalue weighted by molar-refractivity contribution is 0.0689. The fourth-order valence-corrected chi connectivity index (χ4v) is 3.17. The number of hydrogen-bond donors (Lipinski definition) is 2. The molecular formula is C17H11Cl3N2O2. The Kier molecular flexibility index (Phi) is 4.54. The molecule has 4 nitrogen and oxygen atoms in total. The van der Waals surface area contributed by atoms with Crippen molar-refractivity contribution in [2.24, 2.45) is 0 Å². The highest BCUT2D eigenvalue weighted by Gasteiger charge is 2.19. The van der Waals surface area contributed by atoms with Crippen molar-refractivity contribution < 1.29 is 9.90 Å². The van der Waals surface area contributed by atoms with Crippen LogP contribution in [0.5, 0.6) is 0 Å². The third kappa shape index (κ3) is 3.00. The lowest BCUT2D eigenvalue weighted by Gasteiger charge is -2.10. The Balaban J connectivity index is 2.18. The number of hydrogen-bond acceptors (Lipinski definition) is 2. The molecule has 3 rings (SSSR count). The Morgan fingerprint density at radius 2 is 1.67 bits per heavy atom.